The molecule has 1 aromatic heterocycles. The van der Waals surface area contributed by atoms with Gasteiger partial charge in [-0.2, -0.15) is 0 Å². The highest BCUT2D eigenvalue weighted by molar-refractivity contribution is 5.79. The molecule has 0 aromatic carbocycles. The summed E-state index contributed by atoms with van der Waals surface area (Å²) in [6, 6.07) is 2.25. The van der Waals surface area contributed by atoms with E-state index in [9.17, 15) is 9.59 Å². The Kier molecular flexibility index (Phi) is 5.16. The third-order valence-electron chi connectivity index (χ3n) is 7.07. The first kappa shape index (κ1) is 18.9. The van der Waals surface area contributed by atoms with Crippen molar-refractivity contribution in [3.05, 3.63) is 29.1 Å². The molecule has 7 nitrogen and oxygen atoms in total. The minimum absolute atomic E-state index is 0.0420. The number of carbonyl (C=O) groups excluding carboxylic acids is 2. The first-order valence-corrected chi connectivity index (χ1v) is 11.1. The molecule has 0 radical (unpaired) electrons. The number of nitrogens with one attached hydrogen (secondary N) is 1. The molecule has 4 heterocycles. The summed E-state index contributed by atoms with van der Waals surface area (Å²) in [7, 11) is 0. The maximum atomic E-state index is 13.1. The molecular formula is C22H30N4O3. The number of hydrogen-bond donors (Lipinski definition) is 1. The molecule has 0 unspecified atom stereocenters. The van der Waals surface area contributed by atoms with Gasteiger partial charge in [-0.15, -0.1) is 0 Å². The number of urea groups is 1. The first-order chi connectivity index (χ1) is 14.2. The third kappa shape index (κ3) is 3.72. The number of morpholine rings is 1. The van der Waals surface area contributed by atoms with E-state index in [2.05, 4.69) is 16.4 Å². The molecule has 3 fully saturated rings. The van der Waals surface area contributed by atoms with E-state index in [1.165, 1.54) is 29.7 Å². The monoisotopic (exact) mass is 398 g/mol. The molecule has 7 heteroatoms. The van der Waals surface area contributed by atoms with Crippen molar-refractivity contribution in [1.82, 2.24) is 20.1 Å². The van der Waals surface area contributed by atoms with E-state index in [0.717, 1.165) is 45.2 Å². The van der Waals surface area contributed by atoms with Crippen molar-refractivity contribution in [2.45, 2.75) is 63.0 Å². The quantitative estimate of drug-likeness (QED) is 0.783. The van der Waals surface area contributed by atoms with Crippen molar-refractivity contribution in [2.24, 2.45) is 0 Å². The lowest BCUT2D eigenvalue weighted by molar-refractivity contribution is -0.139. The molecule has 1 aromatic rings. The van der Waals surface area contributed by atoms with Crippen molar-refractivity contribution in [3.63, 3.8) is 0 Å². The number of pyridine rings is 1. The van der Waals surface area contributed by atoms with Crippen molar-refractivity contribution in [2.75, 3.05) is 32.8 Å². The van der Waals surface area contributed by atoms with Crippen LogP contribution in [0, 0.1) is 0 Å². The summed E-state index contributed by atoms with van der Waals surface area (Å²) in [6.07, 6.45) is 9.61. The Morgan fingerprint density at radius 1 is 1.10 bits per heavy atom. The fourth-order valence-corrected chi connectivity index (χ4v) is 5.49. The molecular weight excluding hydrogens is 368 g/mol. The first-order valence-electron chi connectivity index (χ1n) is 11.1. The molecule has 3 aliphatic heterocycles. The standard InChI is InChI=1S/C22H30N4O3/c27-21-14-29-20-8-12-26(13-19(20)24-21)22(28)25-10-6-15(7-11-25)16-5-9-23-18-4-2-1-3-17(16)18/h5,9,15,19-20H,1-4,6-8,10-14H2,(H,24,27)/t19-,20+/m1/s1. The van der Waals surface area contributed by atoms with Crippen LogP contribution < -0.4 is 5.32 Å². The van der Waals surface area contributed by atoms with E-state index in [1.807, 2.05) is 16.0 Å². The second-order valence-corrected chi connectivity index (χ2v) is 8.83. The van der Waals surface area contributed by atoms with Crippen molar-refractivity contribution < 1.29 is 14.3 Å². The van der Waals surface area contributed by atoms with Crippen LogP contribution in [0.25, 0.3) is 0 Å². The Hall–Kier alpha value is -2.15. The summed E-state index contributed by atoms with van der Waals surface area (Å²) >= 11 is 0. The Bertz CT molecular complexity index is 790. The molecule has 1 N–H and O–H groups in total. The highest BCUT2D eigenvalue weighted by Gasteiger charge is 2.38. The van der Waals surface area contributed by atoms with Crippen LogP contribution in [-0.4, -0.2) is 71.7 Å². The van der Waals surface area contributed by atoms with Gasteiger partial charge in [0.25, 0.3) is 0 Å². The van der Waals surface area contributed by atoms with E-state index in [-0.39, 0.29) is 30.7 Å². The predicted octanol–water partition coefficient (Wildman–Crippen LogP) is 1.85. The summed E-state index contributed by atoms with van der Waals surface area (Å²) < 4.78 is 5.61. The molecule has 0 bridgehead atoms. The Morgan fingerprint density at radius 3 is 2.76 bits per heavy atom. The number of fused-ring (bicyclic) bond motifs is 2. The number of aryl methyl sites for hydroxylation is 1. The minimum Gasteiger partial charge on any atom is -0.366 e. The number of nitrogens with zero attached hydrogens (tertiary/aromatic N) is 3. The molecule has 0 spiro atoms. The number of aromatic nitrogens is 1. The fourth-order valence-electron chi connectivity index (χ4n) is 5.49. The minimum atomic E-state index is -0.0814. The van der Waals surface area contributed by atoms with Crippen molar-refractivity contribution in [1.29, 1.82) is 0 Å². The summed E-state index contributed by atoms with van der Waals surface area (Å²) in [5.74, 6) is 0.452. The van der Waals surface area contributed by atoms with Gasteiger partial charge in [-0.1, -0.05) is 0 Å². The van der Waals surface area contributed by atoms with Crippen molar-refractivity contribution >= 4 is 11.9 Å². The topological polar surface area (TPSA) is 74.8 Å². The normalized spacial score (nSPS) is 27.8. The Balaban J connectivity index is 1.20. The zero-order chi connectivity index (χ0) is 19.8. The maximum absolute atomic E-state index is 13.1. The molecule has 156 valence electrons. The van der Waals surface area contributed by atoms with E-state index < -0.39 is 0 Å². The molecule has 5 rings (SSSR count). The Labute approximate surface area is 171 Å². The third-order valence-corrected chi connectivity index (χ3v) is 7.07. The highest BCUT2D eigenvalue weighted by atomic mass is 16.5. The zero-order valence-electron chi connectivity index (χ0n) is 16.9. The summed E-state index contributed by atoms with van der Waals surface area (Å²) in [5.41, 5.74) is 4.26. The smallest absolute Gasteiger partial charge is 0.320 e. The number of rotatable bonds is 1. The van der Waals surface area contributed by atoms with Crippen LogP contribution in [-0.2, 0) is 22.4 Å². The van der Waals surface area contributed by atoms with Crippen LogP contribution >= 0.6 is 0 Å². The van der Waals surface area contributed by atoms with E-state index in [1.54, 1.807) is 0 Å². The maximum Gasteiger partial charge on any atom is 0.320 e. The molecule has 4 aliphatic rings. The van der Waals surface area contributed by atoms with Crippen LogP contribution in [0.2, 0.25) is 0 Å². The van der Waals surface area contributed by atoms with Crippen LogP contribution in [0.3, 0.4) is 0 Å². The lowest BCUT2D eigenvalue weighted by atomic mass is 9.82. The van der Waals surface area contributed by atoms with Gasteiger partial charge in [-0.05, 0) is 68.1 Å². The Morgan fingerprint density at radius 2 is 1.90 bits per heavy atom. The van der Waals surface area contributed by atoms with Gasteiger partial charge in [0.2, 0.25) is 5.91 Å². The van der Waals surface area contributed by atoms with Gasteiger partial charge in [-0.3, -0.25) is 9.78 Å². The average Bonchev–Trinajstić information content (AvgIpc) is 2.78. The highest BCUT2D eigenvalue weighted by Crippen LogP contribution is 2.34. The SMILES string of the molecule is O=C1CO[C@H]2CCN(C(=O)N3CCC(c4ccnc5c4CCCC5)CC3)C[C@H]2N1. The largest absolute Gasteiger partial charge is 0.366 e. The van der Waals surface area contributed by atoms with Crippen LogP contribution in [0.5, 0.6) is 0 Å². The number of ether oxygens (including phenoxy) is 1. The molecule has 0 saturated carbocycles. The van der Waals surface area contributed by atoms with Gasteiger partial charge in [0.05, 0.1) is 12.1 Å². The van der Waals surface area contributed by atoms with Gasteiger partial charge in [0.15, 0.2) is 0 Å². The van der Waals surface area contributed by atoms with Gasteiger partial charge in [-0.25, -0.2) is 4.79 Å². The summed E-state index contributed by atoms with van der Waals surface area (Å²) in [4.78, 5) is 33.2. The van der Waals surface area contributed by atoms with Gasteiger partial charge >= 0.3 is 6.03 Å². The second-order valence-electron chi connectivity index (χ2n) is 8.83. The van der Waals surface area contributed by atoms with E-state index >= 15 is 0 Å². The summed E-state index contributed by atoms with van der Waals surface area (Å²) in [6.45, 7) is 2.99. The predicted molar refractivity (Wildman–Crippen MR) is 108 cm³/mol. The van der Waals surface area contributed by atoms with Gasteiger partial charge in [0.1, 0.15) is 6.61 Å². The van der Waals surface area contributed by atoms with E-state index in [4.69, 9.17) is 4.74 Å². The number of amides is 3. The lowest BCUT2D eigenvalue weighted by Crippen LogP contribution is -2.62. The number of likely N-dealkylation sites (tertiary alicyclic amines) is 2. The summed E-state index contributed by atoms with van der Waals surface area (Å²) in [5, 5.41) is 2.98. The second kappa shape index (κ2) is 7.94. The molecule has 29 heavy (non-hydrogen) atoms. The fraction of sp³-hybridized carbons (Fsp3) is 0.682. The van der Waals surface area contributed by atoms with Crippen LogP contribution in [0.15, 0.2) is 12.3 Å². The average molecular weight is 399 g/mol. The van der Waals surface area contributed by atoms with E-state index in [0.29, 0.717) is 19.0 Å². The van der Waals surface area contributed by atoms with Crippen LogP contribution in [0.1, 0.15) is 54.8 Å². The number of carbonyl (C=O) groups is 2. The number of hydrogen-bond acceptors (Lipinski definition) is 4. The van der Waals surface area contributed by atoms with Gasteiger partial charge < -0.3 is 19.9 Å². The molecule has 1 aliphatic carbocycles. The molecule has 2 atom stereocenters. The van der Waals surface area contributed by atoms with Crippen molar-refractivity contribution in [3.8, 4) is 0 Å². The molecule has 3 amide bonds. The zero-order valence-corrected chi connectivity index (χ0v) is 16.9. The molecule has 3 saturated heterocycles. The van der Waals surface area contributed by atoms with Crippen LogP contribution in [0.4, 0.5) is 4.79 Å². The van der Waals surface area contributed by atoms with Gasteiger partial charge in [0, 0.05) is 38.1 Å². The lowest BCUT2D eigenvalue weighted by Gasteiger charge is -2.43. The number of piperidine rings is 2.